The predicted octanol–water partition coefficient (Wildman–Crippen LogP) is -0.0860. The summed E-state index contributed by atoms with van der Waals surface area (Å²) in [6, 6.07) is 0. The Morgan fingerprint density at radius 1 is 1.00 bits per heavy atom. The van der Waals surface area contributed by atoms with Crippen molar-refractivity contribution in [3.8, 4) is 0 Å². The van der Waals surface area contributed by atoms with Gasteiger partial charge in [-0.15, -0.1) is 0 Å². The van der Waals surface area contributed by atoms with Crippen LogP contribution >= 0.6 is 0 Å². The molecule has 4 radical (unpaired) electrons. The Balaban J connectivity index is 2.48. The summed E-state index contributed by atoms with van der Waals surface area (Å²) in [5.74, 6) is 0. The summed E-state index contributed by atoms with van der Waals surface area (Å²) in [5.41, 5.74) is 0. The molecule has 18 valence electrons. The number of hydrogen-bond donors (Lipinski definition) is 0. The van der Waals surface area contributed by atoms with Gasteiger partial charge in [0.25, 0.3) is 0 Å². The molecule has 0 spiro atoms. The first-order valence-electron chi connectivity index (χ1n) is 1.49. The van der Waals surface area contributed by atoms with Crippen LogP contribution in [-0.4, -0.2) is 19.0 Å². The van der Waals surface area contributed by atoms with Gasteiger partial charge in [0.1, 0.15) is 0 Å². The molecule has 0 bridgehead atoms. The summed E-state index contributed by atoms with van der Waals surface area (Å²) in [4.78, 5) is 0. The fourth-order valence-corrected chi connectivity index (χ4v) is 2.48. The second kappa shape index (κ2) is 0.286. The Hall–Kier alpha value is 0.434. The van der Waals surface area contributed by atoms with E-state index in [1.54, 1.807) is 0 Å². The molecule has 2 aliphatic heterocycles. The fourth-order valence-electron chi connectivity index (χ4n) is 0.276. The molecule has 0 amide bonds. The van der Waals surface area contributed by atoms with Crippen LogP contribution < -0.4 is 0 Å². The molecule has 0 N–H and O–H groups in total. The van der Waals surface area contributed by atoms with E-state index in [9.17, 15) is 0 Å². The van der Waals surface area contributed by atoms with Crippen LogP contribution in [0, 0.1) is 0 Å². The smallest absolute Gasteiger partial charge is 0.0371 e. The highest BCUT2D eigenvalue weighted by Crippen LogP contribution is 2.57. The molecule has 0 aromatic rings. The van der Waals surface area contributed by atoms with Crippen LogP contribution in [0.25, 0.3) is 0 Å². The standard InChI is InChI=1S/C2H2Si2/c3-1-2(3)4-1/h1-2H. The molecule has 0 saturated carbocycles. The zero-order chi connectivity index (χ0) is 2.57. The molecule has 0 nitrogen and oxygen atoms in total. The van der Waals surface area contributed by atoms with Crippen molar-refractivity contribution >= 4 is 19.0 Å². The van der Waals surface area contributed by atoms with Gasteiger partial charge in [-0.05, 0) is 0 Å². The lowest BCUT2D eigenvalue weighted by atomic mass is 11.0. The summed E-state index contributed by atoms with van der Waals surface area (Å²) in [5, 5.41) is 2.61. The quantitative estimate of drug-likeness (QED) is 0.358. The highest BCUT2D eigenvalue weighted by atomic mass is 28.3. The number of fused-ring (bicyclic) bond motifs is 1. The normalized spacial score (nSPS) is 66.0. The van der Waals surface area contributed by atoms with Crippen molar-refractivity contribution in [1.82, 2.24) is 0 Å². The van der Waals surface area contributed by atoms with E-state index < -0.39 is 0 Å². The van der Waals surface area contributed by atoms with Gasteiger partial charge < -0.3 is 0 Å². The van der Waals surface area contributed by atoms with Gasteiger partial charge in [-0.25, -0.2) is 0 Å². The van der Waals surface area contributed by atoms with Gasteiger partial charge in [0.05, 0.1) is 0 Å². The van der Waals surface area contributed by atoms with Gasteiger partial charge in [-0.3, -0.25) is 0 Å². The lowest BCUT2D eigenvalue weighted by Gasteiger charge is -1.56. The van der Waals surface area contributed by atoms with Crippen molar-refractivity contribution in [2.75, 3.05) is 0 Å². The zero-order valence-electron chi connectivity index (χ0n) is 2.15. The molecule has 2 fully saturated rings. The van der Waals surface area contributed by atoms with Crippen LogP contribution in [0.2, 0.25) is 10.3 Å². The molecule has 2 heteroatoms. The van der Waals surface area contributed by atoms with Crippen molar-refractivity contribution in [2.24, 2.45) is 0 Å². The minimum Gasteiger partial charge on any atom is -0.0598 e. The van der Waals surface area contributed by atoms with E-state index in [2.05, 4.69) is 0 Å². The maximum absolute atomic E-state index is 1.42. The Bertz CT molecular complexity index is 40.0. The first-order chi connectivity index (χ1) is 1.97. The average Bonchev–Trinajstić information content (AvgIpc) is 1.36. The van der Waals surface area contributed by atoms with Crippen LogP contribution in [0.1, 0.15) is 0 Å². The molecular weight excluding hydrogens is 80.2 g/mol. The molecule has 0 atom stereocenters. The fraction of sp³-hybridized carbons (Fsp3) is 1.00. The maximum atomic E-state index is 1.42. The molecule has 2 heterocycles. The molecule has 0 aromatic heterocycles. The van der Waals surface area contributed by atoms with E-state index in [0.717, 1.165) is 0 Å². The Labute approximate surface area is 30.2 Å². The van der Waals surface area contributed by atoms with E-state index in [-0.39, 0.29) is 0 Å². The SMILES string of the molecule is [Si]1C2[Si]C12. The van der Waals surface area contributed by atoms with Gasteiger partial charge in [0, 0.05) is 19.0 Å². The van der Waals surface area contributed by atoms with Gasteiger partial charge in [0.2, 0.25) is 0 Å². The van der Waals surface area contributed by atoms with Crippen LogP contribution in [-0.2, 0) is 0 Å². The van der Waals surface area contributed by atoms with E-state index in [4.69, 9.17) is 0 Å². The van der Waals surface area contributed by atoms with Crippen LogP contribution in [0.15, 0.2) is 0 Å². The van der Waals surface area contributed by atoms with Crippen molar-refractivity contribution in [3.05, 3.63) is 0 Å². The Kier molecular flexibility index (Phi) is 0.127. The summed E-state index contributed by atoms with van der Waals surface area (Å²) in [7, 11) is 2.83. The van der Waals surface area contributed by atoms with E-state index in [1.165, 1.54) is 29.4 Å². The summed E-state index contributed by atoms with van der Waals surface area (Å²) in [6.07, 6.45) is 0. The zero-order valence-corrected chi connectivity index (χ0v) is 4.15. The monoisotopic (exact) mass is 82.0 g/mol. The average molecular weight is 82.2 g/mol. The van der Waals surface area contributed by atoms with Crippen molar-refractivity contribution in [2.45, 2.75) is 10.3 Å². The minimum absolute atomic E-state index is 1.31. The van der Waals surface area contributed by atoms with E-state index >= 15 is 0 Å². The minimum atomic E-state index is 1.31. The molecule has 2 saturated heterocycles. The first-order valence-corrected chi connectivity index (χ1v) is 3.80. The van der Waals surface area contributed by atoms with E-state index in [1.807, 2.05) is 0 Å². The summed E-state index contributed by atoms with van der Waals surface area (Å²) >= 11 is 0. The molecule has 0 unspecified atom stereocenters. The van der Waals surface area contributed by atoms with Crippen molar-refractivity contribution in [1.29, 1.82) is 0 Å². The van der Waals surface area contributed by atoms with Crippen LogP contribution in [0.3, 0.4) is 0 Å². The third-order valence-corrected chi connectivity index (χ3v) is 5.50. The molecule has 4 heavy (non-hydrogen) atoms. The highest BCUT2D eigenvalue weighted by molar-refractivity contribution is 6.97. The molecule has 0 aromatic carbocycles. The molecule has 2 aliphatic rings. The maximum Gasteiger partial charge on any atom is 0.0371 e. The predicted molar refractivity (Wildman–Crippen MR) is 19.0 cm³/mol. The van der Waals surface area contributed by atoms with Crippen LogP contribution in [0.4, 0.5) is 0 Å². The van der Waals surface area contributed by atoms with Crippen molar-refractivity contribution < 1.29 is 0 Å². The molecular formula is C2H2Si2. The summed E-state index contributed by atoms with van der Waals surface area (Å²) < 4.78 is 0. The van der Waals surface area contributed by atoms with Crippen LogP contribution in [0.5, 0.6) is 0 Å². The second-order valence-corrected chi connectivity index (χ2v) is 5.60. The number of hydrogen-bond acceptors (Lipinski definition) is 0. The highest BCUT2D eigenvalue weighted by Gasteiger charge is 2.54. The Morgan fingerprint density at radius 2 is 1.25 bits per heavy atom. The summed E-state index contributed by atoms with van der Waals surface area (Å²) in [6.45, 7) is 0. The van der Waals surface area contributed by atoms with Gasteiger partial charge in [0.15, 0.2) is 0 Å². The molecule has 2 rings (SSSR count). The van der Waals surface area contributed by atoms with Crippen molar-refractivity contribution in [3.63, 3.8) is 0 Å². The topological polar surface area (TPSA) is 0 Å². The molecule has 0 aliphatic carbocycles. The second-order valence-electron chi connectivity index (χ2n) is 1.29. The van der Waals surface area contributed by atoms with Gasteiger partial charge in [-0.1, -0.05) is 10.3 Å². The Morgan fingerprint density at radius 3 is 1.25 bits per heavy atom. The lowest BCUT2D eigenvalue weighted by Crippen LogP contribution is -1.74. The number of rotatable bonds is 0. The largest absolute Gasteiger partial charge is 0.0598 e. The van der Waals surface area contributed by atoms with Gasteiger partial charge in [-0.2, -0.15) is 0 Å². The lowest BCUT2D eigenvalue weighted by molar-refractivity contribution is 1.69. The first kappa shape index (κ1) is 1.77. The third-order valence-electron chi connectivity index (χ3n) is 0.833. The van der Waals surface area contributed by atoms with E-state index in [0.29, 0.717) is 0 Å². The third kappa shape index (κ3) is 0.0703. The van der Waals surface area contributed by atoms with Gasteiger partial charge >= 0.3 is 0 Å².